The summed E-state index contributed by atoms with van der Waals surface area (Å²) in [5.74, 6) is -0.702. The molecular formula is C9H6N2O3. The second kappa shape index (κ2) is 2.95. The van der Waals surface area contributed by atoms with Crippen molar-refractivity contribution in [3.63, 3.8) is 0 Å². The van der Waals surface area contributed by atoms with Crippen LogP contribution in [0.1, 0.15) is 10.4 Å². The van der Waals surface area contributed by atoms with E-state index in [9.17, 15) is 15.0 Å². The molecule has 0 aliphatic heterocycles. The van der Waals surface area contributed by atoms with E-state index < -0.39 is 0 Å². The number of benzene rings is 1. The summed E-state index contributed by atoms with van der Waals surface area (Å²) < 4.78 is 0. The molecule has 0 unspecified atom stereocenters. The number of phenolic OH excluding ortho intramolecular Hbond substituents is 2. The molecule has 0 atom stereocenters. The molecule has 0 fully saturated rings. The Morgan fingerprint density at radius 3 is 2.86 bits per heavy atom. The van der Waals surface area contributed by atoms with Crippen molar-refractivity contribution in [2.24, 2.45) is 0 Å². The third-order valence-electron chi connectivity index (χ3n) is 1.91. The number of nitrogens with zero attached hydrogens (tertiary/aromatic N) is 2. The van der Waals surface area contributed by atoms with Crippen LogP contribution in [0, 0.1) is 0 Å². The summed E-state index contributed by atoms with van der Waals surface area (Å²) in [7, 11) is 0. The highest BCUT2D eigenvalue weighted by atomic mass is 16.3. The molecule has 5 heteroatoms. The highest BCUT2D eigenvalue weighted by molar-refractivity contribution is 5.99. The lowest BCUT2D eigenvalue weighted by Crippen LogP contribution is -1.88. The van der Waals surface area contributed by atoms with Crippen molar-refractivity contribution >= 4 is 17.2 Å². The zero-order chi connectivity index (χ0) is 10.1. The van der Waals surface area contributed by atoms with Gasteiger partial charge in [-0.2, -0.15) is 0 Å². The summed E-state index contributed by atoms with van der Waals surface area (Å²) in [6, 6.07) is 1.17. The van der Waals surface area contributed by atoms with Crippen LogP contribution < -0.4 is 0 Å². The van der Waals surface area contributed by atoms with Gasteiger partial charge in [0, 0.05) is 17.1 Å². The fourth-order valence-electron chi connectivity index (χ4n) is 1.24. The summed E-state index contributed by atoms with van der Waals surface area (Å²) in [5, 5.41) is 19.1. The molecule has 2 N–H and O–H groups in total. The van der Waals surface area contributed by atoms with Gasteiger partial charge in [-0.25, -0.2) is 9.97 Å². The van der Waals surface area contributed by atoms with Gasteiger partial charge in [-0.15, -0.1) is 0 Å². The number of hydrogen-bond acceptors (Lipinski definition) is 5. The molecule has 1 aromatic heterocycles. The molecule has 0 saturated heterocycles. The van der Waals surface area contributed by atoms with Gasteiger partial charge in [0.2, 0.25) is 0 Å². The molecule has 0 aliphatic carbocycles. The number of aromatic nitrogens is 2. The van der Waals surface area contributed by atoms with E-state index in [4.69, 9.17) is 0 Å². The van der Waals surface area contributed by atoms with Crippen LogP contribution in [0.25, 0.3) is 10.9 Å². The number of phenols is 2. The third kappa shape index (κ3) is 1.06. The molecule has 1 heterocycles. The molecule has 0 spiro atoms. The molecule has 14 heavy (non-hydrogen) atoms. The van der Waals surface area contributed by atoms with Gasteiger partial charge in [-0.1, -0.05) is 0 Å². The summed E-state index contributed by atoms with van der Waals surface area (Å²) in [6.45, 7) is 0. The van der Waals surface area contributed by atoms with Crippen molar-refractivity contribution in [3.8, 4) is 11.5 Å². The van der Waals surface area contributed by atoms with Gasteiger partial charge in [0.25, 0.3) is 0 Å². The molecule has 0 aliphatic rings. The molecule has 5 nitrogen and oxygen atoms in total. The molecule has 0 radical (unpaired) electrons. The number of hydrogen-bond donors (Lipinski definition) is 2. The predicted molar refractivity (Wildman–Crippen MR) is 48.3 cm³/mol. The van der Waals surface area contributed by atoms with Crippen LogP contribution in [0.15, 0.2) is 18.6 Å². The van der Waals surface area contributed by atoms with E-state index in [1.54, 1.807) is 0 Å². The molecule has 0 saturated carbocycles. The SMILES string of the molecule is O=Cc1cc(O)c(O)c2ncncc12. The normalized spacial score (nSPS) is 10.3. The topological polar surface area (TPSA) is 83.3 Å². The van der Waals surface area contributed by atoms with Crippen LogP contribution in [0.5, 0.6) is 11.5 Å². The maximum absolute atomic E-state index is 10.6. The second-order valence-corrected chi connectivity index (χ2v) is 2.74. The number of aldehydes is 1. The fourth-order valence-corrected chi connectivity index (χ4v) is 1.24. The maximum atomic E-state index is 10.6. The van der Waals surface area contributed by atoms with E-state index in [0.717, 1.165) is 0 Å². The molecule has 0 amide bonds. The number of rotatable bonds is 1. The monoisotopic (exact) mass is 190 g/mol. The van der Waals surface area contributed by atoms with Crippen LogP contribution in [-0.2, 0) is 0 Å². The Labute approximate surface area is 78.7 Å². The van der Waals surface area contributed by atoms with Gasteiger partial charge in [-0.05, 0) is 6.07 Å². The van der Waals surface area contributed by atoms with Gasteiger partial charge in [-0.3, -0.25) is 4.79 Å². The average Bonchev–Trinajstić information content (AvgIpc) is 2.23. The highest BCUT2D eigenvalue weighted by Crippen LogP contribution is 2.33. The highest BCUT2D eigenvalue weighted by Gasteiger charge is 2.10. The summed E-state index contributed by atoms with van der Waals surface area (Å²) >= 11 is 0. The van der Waals surface area contributed by atoms with E-state index in [-0.39, 0.29) is 22.6 Å². The first kappa shape index (κ1) is 8.43. The van der Waals surface area contributed by atoms with E-state index >= 15 is 0 Å². The third-order valence-corrected chi connectivity index (χ3v) is 1.91. The van der Waals surface area contributed by atoms with Gasteiger partial charge in [0.15, 0.2) is 17.8 Å². The van der Waals surface area contributed by atoms with Crippen LogP contribution in [0.3, 0.4) is 0 Å². The van der Waals surface area contributed by atoms with Crippen molar-refractivity contribution in [2.45, 2.75) is 0 Å². The Balaban J connectivity index is 2.96. The summed E-state index contributed by atoms with van der Waals surface area (Å²) in [4.78, 5) is 18.1. The van der Waals surface area contributed by atoms with Gasteiger partial charge in [0.1, 0.15) is 11.8 Å². The quantitative estimate of drug-likeness (QED) is 0.514. The lowest BCUT2D eigenvalue weighted by molar-refractivity contribution is 0.112. The Hall–Kier alpha value is -2.17. The van der Waals surface area contributed by atoms with Gasteiger partial charge >= 0.3 is 0 Å². The fraction of sp³-hybridized carbons (Fsp3) is 0. The van der Waals surface area contributed by atoms with Crippen molar-refractivity contribution in [3.05, 3.63) is 24.2 Å². The van der Waals surface area contributed by atoms with E-state index in [1.807, 2.05) is 0 Å². The molecule has 1 aromatic carbocycles. The summed E-state index contributed by atoms with van der Waals surface area (Å²) in [5.41, 5.74) is 0.415. The number of aromatic hydroxyl groups is 2. The Bertz CT molecular complexity index is 511. The first-order valence-electron chi connectivity index (χ1n) is 3.84. The van der Waals surface area contributed by atoms with E-state index in [1.165, 1.54) is 18.6 Å². The Morgan fingerprint density at radius 1 is 1.36 bits per heavy atom. The maximum Gasteiger partial charge on any atom is 0.184 e. The predicted octanol–water partition coefficient (Wildman–Crippen LogP) is 0.853. The minimum atomic E-state index is -0.363. The Kier molecular flexibility index (Phi) is 1.78. The number of carbonyl (C=O) groups excluding carboxylic acids is 1. The standard InChI is InChI=1S/C9H6N2O3/c12-3-5-1-7(13)9(14)8-6(5)2-10-4-11-8/h1-4,13-14H. The average molecular weight is 190 g/mol. The zero-order valence-corrected chi connectivity index (χ0v) is 7.01. The van der Waals surface area contributed by atoms with Gasteiger partial charge < -0.3 is 10.2 Å². The Morgan fingerprint density at radius 2 is 2.14 bits per heavy atom. The van der Waals surface area contributed by atoms with Crippen LogP contribution in [-0.4, -0.2) is 26.5 Å². The molecule has 70 valence electrons. The van der Waals surface area contributed by atoms with E-state index in [2.05, 4.69) is 9.97 Å². The smallest absolute Gasteiger partial charge is 0.184 e. The molecular weight excluding hydrogens is 184 g/mol. The van der Waals surface area contributed by atoms with Crippen molar-refractivity contribution in [2.75, 3.05) is 0 Å². The van der Waals surface area contributed by atoms with Crippen molar-refractivity contribution in [1.82, 2.24) is 9.97 Å². The minimum absolute atomic E-state index is 0.169. The zero-order valence-electron chi connectivity index (χ0n) is 7.01. The largest absolute Gasteiger partial charge is 0.504 e. The van der Waals surface area contributed by atoms with Crippen molar-refractivity contribution < 1.29 is 15.0 Å². The minimum Gasteiger partial charge on any atom is -0.504 e. The van der Waals surface area contributed by atoms with Crippen molar-refractivity contribution in [1.29, 1.82) is 0 Å². The van der Waals surface area contributed by atoms with Crippen LogP contribution >= 0.6 is 0 Å². The molecule has 0 bridgehead atoms. The molecule has 2 aromatic rings. The molecule has 2 rings (SSSR count). The lowest BCUT2D eigenvalue weighted by Gasteiger charge is -2.03. The lowest BCUT2D eigenvalue weighted by atomic mass is 10.1. The second-order valence-electron chi connectivity index (χ2n) is 2.74. The number of fused-ring (bicyclic) bond motifs is 1. The van der Waals surface area contributed by atoms with Crippen LogP contribution in [0.2, 0.25) is 0 Å². The van der Waals surface area contributed by atoms with Gasteiger partial charge in [0.05, 0.1) is 0 Å². The van der Waals surface area contributed by atoms with E-state index in [0.29, 0.717) is 11.7 Å². The first-order valence-corrected chi connectivity index (χ1v) is 3.84. The van der Waals surface area contributed by atoms with Crippen LogP contribution in [0.4, 0.5) is 0 Å². The summed E-state index contributed by atoms with van der Waals surface area (Å²) in [6.07, 6.45) is 3.21. The first-order chi connectivity index (χ1) is 6.74. The number of carbonyl (C=O) groups is 1.